The summed E-state index contributed by atoms with van der Waals surface area (Å²) in [4.78, 5) is 22.2. The molecule has 0 spiro atoms. The Morgan fingerprint density at radius 2 is 2.04 bits per heavy atom. The first-order valence-electron chi connectivity index (χ1n) is 7.91. The van der Waals surface area contributed by atoms with E-state index in [0.29, 0.717) is 27.4 Å². The molecule has 0 aliphatic heterocycles. The number of halogens is 1. The predicted octanol–water partition coefficient (Wildman–Crippen LogP) is 4.57. The molecule has 0 aliphatic carbocycles. The van der Waals surface area contributed by atoms with Gasteiger partial charge in [-0.3, -0.25) is 14.2 Å². The molecule has 0 bridgehead atoms. The van der Waals surface area contributed by atoms with Gasteiger partial charge < -0.3 is 4.74 Å². The summed E-state index contributed by atoms with van der Waals surface area (Å²) >= 11 is 7.26. The number of anilines is 2. The zero-order chi connectivity index (χ0) is 18.7. The van der Waals surface area contributed by atoms with Crippen LogP contribution in [0.3, 0.4) is 0 Å². The molecule has 0 aliphatic rings. The molecule has 0 atom stereocenters. The van der Waals surface area contributed by atoms with Crippen LogP contribution in [-0.4, -0.2) is 21.0 Å². The molecule has 3 rings (SSSR count). The minimum atomic E-state index is -0.146. The fourth-order valence-electron chi connectivity index (χ4n) is 2.13. The van der Waals surface area contributed by atoms with Crippen LogP contribution < -0.4 is 9.64 Å². The van der Waals surface area contributed by atoms with Crippen molar-refractivity contribution in [2.45, 2.75) is 33.3 Å². The third-order valence-electron chi connectivity index (χ3n) is 3.41. The zero-order valence-electron chi connectivity index (χ0n) is 14.5. The van der Waals surface area contributed by atoms with E-state index < -0.39 is 0 Å². The minimum Gasteiger partial charge on any atom is -0.442 e. The molecule has 1 aromatic carbocycles. The van der Waals surface area contributed by atoms with E-state index in [-0.39, 0.29) is 24.5 Å². The van der Waals surface area contributed by atoms with Gasteiger partial charge in [0.25, 0.3) is 0 Å². The number of hydrogen-bond acceptors (Lipinski definition) is 7. The Balaban J connectivity index is 1.72. The van der Waals surface area contributed by atoms with Crippen molar-refractivity contribution < 1.29 is 14.1 Å². The van der Waals surface area contributed by atoms with Crippen molar-refractivity contribution in [1.29, 1.82) is 0 Å². The maximum absolute atomic E-state index is 12.1. The van der Waals surface area contributed by atoms with E-state index in [0.717, 1.165) is 0 Å². The van der Waals surface area contributed by atoms with Crippen LogP contribution in [0.5, 0.6) is 6.08 Å². The van der Waals surface area contributed by atoms with E-state index in [1.54, 1.807) is 24.3 Å². The number of ether oxygens (including phenoxy) is 1. The number of rotatable bonds is 6. The SMILES string of the molecule is CC(=O)N(c1ccc(Cl)cc1)c1nc(COc2nc(C(C)C)no2)cs1. The van der Waals surface area contributed by atoms with Crippen LogP contribution >= 0.6 is 22.9 Å². The molecule has 0 unspecified atom stereocenters. The molecule has 136 valence electrons. The van der Waals surface area contributed by atoms with Crippen LogP contribution in [0.1, 0.15) is 38.2 Å². The Kier molecular flexibility index (Phi) is 5.53. The average Bonchev–Trinajstić information content (AvgIpc) is 3.24. The molecule has 0 fully saturated rings. The van der Waals surface area contributed by atoms with Gasteiger partial charge in [0.05, 0.1) is 11.4 Å². The highest BCUT2D eigenvalue weighted by Gasteiger charge is 2.18. The standard InChI is InChI=1S/C17H17ClN4O3S/c1-10(2)15-20-17(25-21-15)24-8-13-9-26-16(19-13)22(11(3)23)14-6-4-12(18)5-7-14/h4-7,9-10H,8H2,1-3H3. The van der Waals surface area contributed by atoms with E-state index in [1.807, 2.05) is 19.2 Å². The molecule has 2 heterocycles. The van der Waals surface area contributed by atoms with E-state index in [2.05, 4.69) is 15.1 Å². The number of carbonyl (C=O) groups is 1. The highest BCUT2D eigenvalue weighted by molar-refractivity contribution is 7.14. The van der Waals surface area contributed by atoms with Crippen molar-refractivity contribution in [2.24, 2.45) is 0 Å². The minimum absolute atomic E-state index is 0.101. The van der Waals surface area contributed by atoms with Gasteiger partial charge in [-0.05, 0) is 24.3 Å². The Bertz CT molecular complexity index is 892. The van der Waals surface area contributed by atoms with Gasteiger partial charge in [-0.1, -0.05) is 30.6 Å². The molecule has 0 saturated carbocycles. The van der Waals surface area contributed by atoms with Crippen molar-refractivity contribution in [3.05, 3.63) is 46.2 Å². The summed E-state index contributed by atoms with van der Waals surface area (Å²) in [5.74, 6) is 0.600. The lowest BCUT2D eigenvalue weighted by molar-refractivity contribution is -0.115. The molecule has 3 aromatic rings. The summed E-state index contributed by atoms with van der Waals surface area (Å²) in [6.45, 7) is 5.59. The molecular formula is C17H17ClN4O3S. The van der Waals surface area contributed by atoms with Crippen LogP contribution in [0, 0.1) is 0 Å². The highest BCUT2D eigenvalue weighted by Crippen LogP contribution is 2.30. The average molecular weight is 393 g/mol. The number of thiazole rings is 1. The lowest BCUT2D eigenvalue weighted by atomic mass is 10.2. The summed E-state index contributed by atoms with van der Waals surface area (Å²) in [6.07, 6.45) is 0.101. The molecule has 2 aromatic heterocycles. The molecule has 0 radical (unpaired) electrons. The second-order valence-corrected chi connectivity index (χ2v) is 7.09. The molecule has 0 saturated heterocycles. The predicted molar refractivity (Wildman–Crippen MR) is 99.1 cm³/mol. The van der Waals surface area contributed by atoms with Gasteiger partial charge >= 0.3 is 6.08 Å². The van der Waals surface area contributed by atoms with Crippen LogP contribution in [0.25, 0.3) is 0 Å². The van der Waals surface area contributed by atoms with Crippen LogP contribution in [0.15, 0.2) is 34.2 Å². The second kappa shape index (κ2) is 7.84. The van der Waals surface area contributed by atoms with Crippen molar-refractivity contribution >= 4 is 39.7 Å². The van der Waals surface area contributed by atoms with Crippen LogP contribution in [0.2, 0.25) is 5.02 Å². The Labute approximate surface area is 159 Å². The maximum atomic E-state index is 12.1. The number of nitrogens with zero attached hydrogens (tertiary/aromatic N) is 4. The van der Waals surface area contributed by atoms with Gasteiger partial charge in [0.2, 0.25) is 5.91 Å². The smallest absolute Gasteiger partial charge is 0.417 e. The topological polar surface area (TPSA) is 81.4 Å². The van der Waals surface area contributed by atoms with Gasteiger partial charge in [-0.25, -0.2) is 4.98 Å². The first-order valence-corrected chi connectivity index (χ1v) is 9.17. The molecular weight excluding hydrogens is 376 g/mol. The Morgan fingerprint density at radius 3 is 2.65 bits per heavy atom. The quantitative estimate of drug-likeness (QED) is 0.611. The second-order valence-electron chi connectivity index (χ2n) is 5.81. The molecule has 0 N–H and O–H groups in total. The largest absolute Gasteiger partial charge is 0.442 e. The van der Waals surface area contributed by atoms with Gasteiger partial charge in [0, 0.05) is 23.2 Å². The third kappa shape index (κ3) is 4.20. The van der Waals surface area contributed by atoms with E-state index >= 15 is 0 Å². The van der Waals surface area contributed by atoms with Crippen molar-refractivity contribution in [2.75, 3.05) is 4.90 Å². The molecule has 1 amide bonds. The first kappa shape index (κ1) is 18.3. The fraction of sp³-hybridized carbons (Fsp3) is 0.294. The van der Waals surface area contributed by atoms with Crippen LogP contribution in [0.4, 0.5) is 10.8 Å². The molecule has 26 heavy (non-hydrogen) atoms. The zero-order valence-corrected chi connectivity index (χ0v) is 16.0. The highest BCUT2D eigenvalue weighted by atomic mass is 35.5. The number of aromatic nitrogens is 3. The fourth-order valence-corrected chi connectivity index (χ4v) is 3.13. The number of benzene rings is 1. The first-order chi connectivity index (χ1) is 12.4. The summed E-state index contributed by atoms with van der Waals surface area (Å²) in [7, 11) is 0. The molecule has 7 nitrogen and oxygen atoms in total. The summed E-state index contributed by atoms with van der Waals surface area (Å²) in [5.41, 5.74) is 1.36. The lowest BCUT2D eigenvalue weighted by Crippen LogP contribution is -2.22. The van der Waals surface area contributed by atoms with E-state index in [1.165, 1.54) is 23.2 Å². The number of carbonyl (C=O) groups excluding carboxylic acids is 1. The van der Waals surface area contributed by atoms with E-state index in [9.17, 15) is 4.79 Å². The Morgan fingerprint density at radius 1 is 1.31 bits per heavy atom. The van der Waals surface area contributed by atoms with Crippen LogP contribution in [-0.2, 0) is 11.4 Å². The monoisotopic (exact) mass is 392 g/mol. The van der Waals surface area contributed by atoms with Crippen molar-refractivity contribution in [3.8, 4) is 6.08 Å². The summed E-state index contributed by atoms with van der Waals surface area (Å²) in [6, 6.07) is 7.00. The van der Waals surface area contributed by atoms with E-state index in [4.69, 9.17) is 20.9 Å². The summed E-state index contributed by atoms with van der Waals surface area (Å²) in [5, 5.41) is 6.81. The molecule has 9 heteroatoms. The van der Waals surface area contributed by atoms with Gasteiger partial charge in [0.15, 0.2) is 11.0 Å². The van der Waals surface area contributed by atoms with Crippen molar-refractivity contribution in [3.63, 3.8) is 0 Å². The number of amides is 1. The normalized spacial score (nSPS) is 11.0. The van der Waals surface area contributed by atoms with Gasteiger partial charge in [0.1, 0.15) is 6.61 Å². The lowest BCUT2D eigenvalue weighted by Gasteiger charge is -2.17. The maximum Gasteiger partial charge on any atom is 0.417 e. The number of hydrogen-bond donors (Lipinski definition) is 0. The Hall–Kier alpha value is -2.45. The van der Waals surface area contributed by atoms with Gasteiger partial charge in [-0.15, -0.1) is 11.3 Å². The van der Waals surface area contributed by atoms with Crippen molar-refractivity contribution in [1.82, 2.24) is 15.1 Å². The van der Waals surface area contributed by atoms with Gasteiger partial charge in [-0.2, -0.15) is 4.98 Å². The summed E-state index contributed by atoms with van der Waals surface area (Å²) < 4.78 is 10.5. The third-order valence-corrected chi connectivity index (χ3v) is 4.54.